The molecule has 0 aromatic carbocycles. The number of rotatable bonds is 2. The van der Waals surface area contributed by atoms with E-state index in [4.69, 9.17) is 4.42 Å². The zero-order chi connectivity index (χ0) is 11.0. The molecule has 0 unspecified atom stereocenters. The molecule has 78 valence electrons. The molecule has 0 fully saturated rings. The average molecular weight is 194 g/mol. The van der Waals surface area contributed by atoms with Crippen molar-refractivity contribution in [3.8, 4) is 0 Å². The van der Waals surface area contributed by atoms with E-state index in [0.717, 1.165) is 0 Å². The third-order valence-electron chi connectivity index (χ3n) is 3.19. The van der Waals surface area contributed by atoms with Gasteiger partial charge < -0.3 is 4.42 Å². The van der Waals surface area contributed by atoms with Gasteiger partial charge in [-0.1, -0.05) is 34.6 Å². The highest BCUT2D eigenvalue weighted by Gasteiger charge is 2.41. The molecular weight excluding hydrogens is 176 g/mol. The normalized spacial score (nSPS) is 12.9. The Labute approximate surface area is 85.3 Å². The topological polar surface area (TPSA) is 30.2 Å². The highest BCUT2D eigenvalue weighted by atomic mass is 16.3. The molecule has 0 saturated carbocycles. The van der Waals surface area contributed by atoms with Gasteiger partial charge in [-0.3, -0.25) is 4.79 Å². The first-order valence-electron chi connectivity index (χ1n) is 4.85. The Bertz CT molecular complexity index is 313. The molecule has 1 aromatic rings. The molecule has 2 nitrogen and oxygen atoms in total. The predicted octanol–water partition coefficient (Wildman–Crippen LogP) is 3.53. The molecule has 0 aliphatic carbocycles. The number of carbonyl (C=O) groups excluding carboxylic acids is 1. The average Bonchev–Trinajstić information content (AvgIpc) is 2.52. The summed E-state index contributed by atoms with van der Waals surface area (Å²) in [5, 5.41) is 0. The number of Topliss-reactive ketones (excluding diaryl/α,β-unsaturated/α-hetero) is 1. The Morgan fingerprint density at radius 2 is 1.79 bits per heavy atom. The predicted molar refractivity (Wildman–Crippen MR) is 56.3 cm³/mol. The second-order valence-electron chi connectivity index (χ2n) is 5.18. The van der Waals surface area contributed by atoms with Crippen molar-refractivity contribution in [3.63, 3.8) is 0 Å². The van der Waals surface area contributed by atoms with E-state index in [9.17, 15) is 4.79 Å². The summed E-state index contributed by atoms with van der Waals surface area (Å²) in [5.41, 5.74) is -0.484. The van der Waals surface area contributed by atoms with E-state index in [0.29, 0.717) is 5.76 Å². The van der Waals surface area contributed by atoms with Gasteiger partial charge in [-0.15, -0.1) is 0 Å². The van der Waals surface area contributed by atoms with Crippen molar-refractivity contribution in [1.29, 1.82) is 0 Å². The van der Waals surface area contributed by atoms with Crippen LogP contribution in [-0.4, -0.2) is 5.78 Å². The van der Waals surface area contributed by atoms with Gasteiger partial charge in [-0.25, -0.2) is 0 Å². The maximum atomic E-state index is 12.1. The zero-order valence-electron chi connectivity index (χ0n) is 9.55. The summed E-state index contributed by atoms with van der Waals surface area (Å²) in [6.45, 7) is 10.1. The first-order valence-corrected chi connectivity index (χ1v) is 4.85. The molecule has 14 heavy (non-hydrogen) atoms. The number of carbonyl (C=O) groups is 1. The first-order chi connectivity index (χ1) is 6.27. The van der Waals surface area contributed by atoms with E-state index in [1.165, 1.54) is 6.26 Å². The van der Waals surface area contributed by atoms with Crippen LogP contribution in [-0.2, 0) is 0 Å². The van der Waals surface area contributed by atoms with E-state index in [-0.39, 0.29) is 11.2 Å². The van der Waals surface area contributed by atoms with Crippen LogP contribution >= 0.6 is 0 Å². The van der Waals surface area contributed by atoms with Gasteiger partial charge in [0.25, 0.3) is 0 Å². The molecule has 0 saturated heterocycles. The first kappa shape index (κ1) is 11.0. The lowest BCUT2D eigenvalue weighted by Crippen LogP contribution is -2.37. The molecule has 0 aliphatic rings. The Morgan fingerprint density at radius 3 is 2.14 bits per heavy atom. The van der Waals surface area contributed by atoms with Crippen LogP contribution in [0, 0.1) is 10.8 Å². The van der Waals surface area contributed by atoms with Crippen LogP contribution in [0.5, 0.6) is 0 Å². The summed E-state index contributed by atoms with van der Waals surface area (Å²) in [5.74, 6) is 0.514. The van der Waals surface area contributed by atoms with Gasteiger partial charge in [-0.05, 0) is 17.5 Å². The summed E-state index contributed by atoms with van der Waals surface area (Å²) in [6.07, 6.45) is 1.53. The van der Waals surface area contributed by atoms with Gasteiger partial charge in [-0.2, -0.15) is 0 Å². The number of furan rings is 1. The second kappa shape index (κ2) is 3.26. The SMILES string of the molecule is CC(C)(C)C(C)(C)C(=O)c1ccco1. The minimum atomic E-state index is -0.412. The summed E-state index contributed by atoms with van der Waals surface area (Å²) in [4.78, 5) is 12.1. The van der Waals surface area contributed by atoms with Gasteiger partial charge >= 0.3 is 0 Å². The van der Waals surface area contributed by atoms with E-state index in [1.807, 2.05) is 13.8 Å². The second-order valence-corrected chi connectivity index (χ2v) is 5.18. The minimum absolute atomic E-state index is 0.0648. The zero-order valence-corrected chi connectivity index (χ0v) is 9.55. The molecule has 0 bridgehead atoms. The van der Waals surface area contributed by atoms with Crippen molar-refractivity contribution in [2.75, 3.05) is 0 Å². The summed E-state index contributed by atoms with van der Waals surface area (Å²) in [7, 11) is 0. The molecule has 0 aliphatic heterocycles. The van der Waals surface area contributed by atoms with Crippen LogP contribution in [0.15, 0.2) is 22.8 Å². The fourth-order valence-electron chi connectivity index (χ4n) is 1.06. The third-order valence-corrected chi connectivity index (χ3v) is 3.19. The molecule has 0 N–H and O–H groups in total. The lowest BCUT2D eigenvalue weighted by molar-refractivity contribution is 0.0594. The van der Waals surface area contributed by atoms with Gasteiger partial charge in [0.2, 0.25) is 5.78 Å². The Balaban J connectivity index is 3.01. The summed E-state index contributed by atoms with van der Waals surface area (Å²) < 4.78 is 5.13. The molecule has 0 spiro atoms. The maximum Gasteiger partial charge on any atom is 0.204 e. The van der Waals surface area contributed by atoms with Gasteiger partial charge in [0.05, 0.1) is 6.26 Å². The van der Waals surface area contributed by atoms with Crippen LogP contribution in [0.1, 0.15) is 45.2 Å². The largest absolute Gasteiger partial charge is 0.461 e. The number of ketones is 1. The van der Waals surface area contributed by atoms with E-state index >= 15 is 0 Å². The Kier molecular flexibility index (Phi) is 2.57. The van der Waals surface area contributed by atoms with Crippen molar-refractivity contribution < 1.29 is 9.21 Å². The molecule has 1 heterocycles. The smallest absolute Gasteiger partial charge is 0.204 e. The van der Waals surface area contributed by atoms with Gasteiger partial charge in [0.1, 0.15) is 0 Å². The lowest BCUT2D eigenvalue weighted by Gasteiger charge is -2.36. The molecule has 0 radical (unpaired) electrons. The quantitative estimate of drug-likeness (QED) is 0.674. The number of hydrogen-bond donors (Lipinski definition) is 0. The summed E-state index contributed by atoms with van der Waals surface area (Å²) >= 11 is 0. The van der Waals surface area contributed by atoms with Crippen molar-refractivity contribution in [3.05, 3.63) is 24.2 Å². The van der Waals surface area contributed by atoms with Crippen LogP contribution < -0.4 is 0 Å². The van der Waals surface area contributed by atoms with Gasteiger partial charge in [0.15, 0.2) is 5.76 Å². The fourth-order valence-corrected chi connectivity index (χ4v) is 1.06. The van der Waals surface area contributed by atoms with E-state index < -0.39 is 5.41 Å². The fraction of sp³-hybridized carbons (Fsp3) is 0.583. The van der Waals surface area contributed by atoms with Crippen molar-refractivity contribution in [2.45, 2.75) is 34.6 Å². The standard InChI is InChI=1S/C12H18O2/c1-11(2,3)12(4,5)10(13)9-7-6-8-14-9/h6-8H,1-5H3. The Hall–Kier alpha value is -1.05. The molecule has 2 heteroatoms. The highest BCUT2D eigenvalue weighted by molar-refractivity contribution is 5.98. The van der Waals surface area contributed by atoms with Crippen molar-refractivity contribution >= 4 is 5.78 Å². The van der Waals surface area contributed by atoms with Crippen LogP contribution in [0.3, 0.4) is 0 Å². The minimum Gasteiger partial charge on any atom is -0.461 e. The molecule has 1 rings (SSSR count). The van der Waals surface area contributed by atoms with E-state index in [1.54, 1.807) is 12.1 Å². The van der Waals surface area contributed by atoms with Crippen LogP contribution in [0.4, 0.5) is 0 Å². The van der Waals surface area contributed by atoms with Gasteiger partial charge in [0, 0.05) is 5.41 Å². The van der Waals surface area contributed by atoms with Crippen molar-refractivity contribution in [1.82, 2.24) is 0 Å². The monoisotopic (exact) mass is 194 g/mol. The third kappa shape index (κ3) is 1.74. The molecule has 0 amide bonds. The molecular formula is C12H18O2. The molecule has 0 atom stereocenters. The van der Waals surface area contributed by atoms with E-state index in [2.05, 4.69) is 20.8 Å². The van der Waals surface area contributed by atoms with Crippen molar-refractivity contribution in [2.24, 2.45) is 10.8 Å². The maximum absolute atomic E-state index is 12.1. The highest BCUT2D eigenvalue weighted by Crippen LogP contribution is 2.40. The van der Waals surface area contributed by atoms with Crippen LogP contribution in [0.2, 0.25) is 0 Å². The molecule has 1 aromatic heterocycles. The number of hydrogen-bond acceptors (Lipinski definition) is 2. The summed E-state index contributed by atoms with van der Waals surface area (Å²) in [6, 6.07) is 3.46. The van der Waals surface area contributed by atoms with Crippen LogP contribution in [0.25, 0.3) is 0 Å². The Morgan fingerprint density at radius 1 is 1.21 bits per heavy atom. The lowest BCUT2D eigenvalue weighted by atomic mass is 9.66.